The van der Waals surface area contributed by atoms with E-state index in [0.717, 1.165) is 77.0 Å². The monoisotopic (exact) mass is 1100 g/mol. The van der Waals surface area contributed by atoms with Gasteiger partial charge in [-0.1, -0.05) is 301 Å². The summed E-state index contributed by atoms with van der Waals surface area (Å²) in [5.74, 6) is -0.543. The average molecular weight is 1100 g/mol. The number of quaternary nitrogens is 1. The molecule has 0 aliphatic heterocycles. The standard InChI is InChI=1S/C67H127N2O7P/c1-7-10-13-16-19-22-25-27-29-30-31-32-33-34-35-36-37-38-40-41-44-47-50-53-56-59-66(70)68-64(63-75-77(72,73)74-62-61-69(4,5)6)65(58-55-52-49-46-43-24-21-18-15-12-9-3)76-67(71)60-57-54-51-48-45-42-39-28-26-23-20-17-14-11-8-2/h11,14,17,20,23,26,55,58,64-65H,7-10,12-13,15-16,18-19,21-22,24-25,27-54,56-57,59-63H2,1-6H3,(H-,68,70,72,73)/b14-11+,20-17+,26-23+,58-55-. The van der Waals surface area contributed by atoms with Gasteiger partial charge in [0.15, 0.2) is 0 Å². The van der Waals surface area contributed by atoms with Gasteiger partial charge in [0.2, 0.25) is 5.91 Å². The number of hydrogen-bond acceptors (Lipinski definition) is 7. The van der Waals surface area contributed by atoms with Crippen LogP contribution < -0.4 is 10.2 Å². The fourth-order valence-electron chi connectivity index (χ4n) is 9.76. The van der Waals surface area contributed by atoms with Gasteiger partial charge in [0.25, 0.3) is 7.82 Å². The van der Waals surface area contributed by atoms with E-state index in [4.69, 9.17) is 13.8 Å². The van der Waals surface area contributed by atoms with Gasteiger partial charge in [-0.25, -0.2) is 0 Å². The van der Waals surface area contributed by atoms with Crippen LogP contribution in [0.25, 0.3) is 0 Å². The predicted molar refractivity (Wildman–Crippen MR) is 330 cm³/mol. The second-order valence-electron chi connectivity index (χ2n) is 23.7. The number of esters is 1. The number of unbranched alkanes of at least 4 members (excludes halogenated alkanes) is 40. The Morgan fingerprint density at radius 1 is 0.468 bits per heavy atom. The number of likely N-dealkylation sites (N-methyl/N-ethyl adjacent to an activating group) is 1. The third-order valence-corrected chi connectivity index (χ3v) is 15.8. The summed E-state index contributed by atoms with van der Waals surface area (Å²) in [5.41, 5.74) is 0. The van der Waals surface area contributed by atoms with E-state index in [-0.39, 0.29) is 31.5 Å². The summed E-state index contributed by atoms with van der Waals surface area (Å²) in [6, 6.07) is -0.891. The minimum atomic E-state index is -4.70. The highest BCUT2D eigenvalue weighted by Gasteiger charge is 2.27. The summed E-state index contributed by atoms with van der Waals surface area (Å²) >= 11 is 0. The highest BCUT2D eigenvalue weighted by atomic mass is 31.2. The predicted octanol–water partition coefficient (Wildman–Crippen LogP) is 19.8. The number of rotatable bonds is 60. The van der Waals surface area contributed by atoms with Crippen molar-refractivity contribution in [1.29, 1.82) is 0 Å². The van der Waals surface area contributed by atoms with Crippen LogP contribution in [0.2, 0.25) is 0 Å². The molecule has 0 aliphatic carbocycles. The average Bonchev–Trinajstić information content (AvgIpc) is 3.39. The van der Waals surface area contributed by atoms with Crippen molar-refractivity contribution in [2.45, 2.75) is 328 Å². The van der Waals surface area contributed by atoms with E-state index in [1.807, 2.05) is 33.3 Å². The lowest BCUT2D eigenvalue weighted by atomic mass is 10.0. The molecule has 0 aromatic heterocycles. The maximum absolute atomic E-state index is 13.5. The van der Waals surface area contributed by atoms with Gasteiger partial charge in [0.05, 0.1) is 33.8 Å². The van der Waals surface area contributed by atoms with Crippen molar-refractivity contribution in [3.8, 4) is 0 Å². The maximum atomic E-state index is 13.5. The lowest BCUT2D eigenvalue weighted by Gasteiger charge is -2.30. The van der Waals surface area contributed by atoms with Crippen molar-refractivity contribution < 1.29 is 37.3 Å². The number of nitrogens with one attached hydrogen (secondary N) is 1. The Kier molecular flexibility index (Phi) is 55.7. The molecule has 0 aromatic carbocycles. The Balaban J connectivity index is 5.02. The SMILES string of the molecule is CC/C=C/C=C/C=C/CCCCCCCCCC(=O)OC(/C=C\CCCCCCCCCCC)C(COP(=O)([O-])OCC[N+](C)(C)C)NC(=O)CCCCCCCCCCCCCCCCCCCCCCCCCCC. The lowest BCUT2D eigenvalue weighted by Crippen LogP contribution is -2.47. The number of allylic oxidation sites excluding steroid dienone is 7. The van der Waals surface area contributed by atoms with Crippen LogP contribution in [-0.4, -0.2) is 69.4 Å². The highest BCUT2D eigenvalue weighted by molar-refractivity contribution is 7.45. The molecule has 3 atom stereocenters. The van der Waals surface area contributed by atoms with Crippen molar-refractivity contribution in [2.24, 2.45) is 0 Å². The van der Waals surface area contributed by atoms with E-state index >= 15 is 0 Å². The van der Waals surface area contributed by atoms with Crippen LogP contribution in [0, 0.1) is 0 Å². The van der Waals surface area contributed by atoms with Crippen molar-refractivity contribution in [3.63, 3.8) is 0 Å². The third-order valence-electron chi connectivity index (χ3n) is 14.8. The van der Waals surface area contributed by atoms with Crippen molar-refractivity contribution in [1.82, 2.24) is 5.32 Å². The van der Waals surface area contributed by atoms with Crippen molar-refractivity contribution in [3.05, 3.63) is 48.6 Å². The molecule has 3 unspecified atom stereocenters. The number of ether oxygens (including phenoxy) is 1. The summed E-state index contributed by atoms with van der Waals surface area (Å²) in [6.45, 7) is 6.74. The molecular weight excluding hydrogens is 976 g/mol. The summed E-state index contributed by atoms with van der Waals surface area (Å²) < 4.78 is 30.3. The molecule has 0 heterocycles. The van der Waals surface area contributed by atoms with Crippen LogP contribution in [0.3, 0.4) is 0 Å². The lowest BCUT2D eigenvalue weighted by molar-refractivity contribution is -0.870. The summed E-state index contributed by atoms with van der Waals surface area (Å²) in [6.07, 6.45) is 71.0. The van der Waals surface area contributed by atoms with Crippen LogP contribution in [0.4, 0.5) is 0 Å². The summed E-state index contributed by atoms with van der Waals surface area (Å²) in [4.78, 5) is 40.0. The molecule has 0 saturated heterocycles. The molecule has 0 saturated carbocycles. The minimum Gasteiger partial charge on any atom is -0.756 e. The Labute approximate surface area is 478 Å². The first-order chi connectivity index (χ1) is 37.4. The smallest absolute Gasteiger partial charge is 0.306 e. The number of carbonyl (C=O) groups is 2. The molecule has 0 radical (unpaired) electrons. The van der Waals surface area contributed by atoms with Gasteiger partial charge in [-0.15, -0.1) is 0 Å². The Morgan fingerprint density at radius 2 is 0.831 bits per heavy atom. The van der Waals surface area contributed by atoms with Gasteiger partial charge < -0.3 is 28.5 Å². The quantitative estimate of drug-likeness (QED) is 0.0161. The highest BCUT2D eigenvalue weighted by Crippen LogP contribution is 2.38. The Bertz CT molecular complexity index is 1460. The first-order valence-electron chi connectivity index (χ1n) is 33.0. The zero-order valence-corrected chi connectivity index (χ0v) is 52.6. The number of phosphoric ester groups is 1. The van der Waals surface area contributed by atoms with E-state index in [1.165, 1.54) is 205 Å². The van der Waals surface area contributed by atoms with Gasteiger partial charge in [0, 0.05) is 12.8 Å². The molecule has 0 fully saturated rings. The normalized spacial score (nSPS) is 13.9. The number of phosphoric acid groups is 1. The van der Waals surface area contributed by atoms with E-state index < -0.39 is 20.0 Å². The van der Waals surface area contributed by atoms with E-state index in [9.17, 15) is 19.0 Å². The minimum absolute atomic E-state index is 0.0233. The van der Waals surface area contributed by atoms with Gasteiger partial charge in [-0.05, 0) is 51.0 Å². The molecule has 1 N–H and O–H groups in total. The number of carbonyl (C=O) groups excluding carboxylic acids is 2. The van der Waals surface area contributed by atoms with Crippen LogP contribution in [0.5, 0.6) is 0 Å². The maximum Gasteiger partial charge on any atom is 0.306 e. The van der Waals surface area contributed by atoms with Crippen LogP contribution >= 0.6 is 7.82 Å². The van der Waals surface area contributed by atoms with E-state index in [1.54, 1.807) is 0 Å². The first-order valence-corrected chi connectivity index (χ1v) is 34.4. The van der Waals surface area contributed by atoms with Crippen LogP contribution in [0.15, 0.2) is 48.6 Å². The summed E-state index contributed by atoms with van der Waals surface area (Å²) in [7, 11) is 1.19. The second-order valence-corrected chi connectivity index (χ2v) is 25.1. The molecule has 9 nitrogen and oxygen atoms in total. The second kappa shape index (κ2) is 57.2. The fourth-order valence-corrected chi connectivity index (χ4v) is 10.5. The third kappa shape index (κ3) is 58.4. The van der Waals surface area contributed by atoms with Crippen molar-refractivity contribution in [2.75, 3.05) is 40.9 Å². The van der Waals surface area contributed by atoms with Crippen LogP contribution in [-0.2, 0) is 27.9 Å². The van der Waals surface area contributed by atoms with Gasteiger partial charge >= 0.3 is 5.97 Å². The van der Waals surface area contributed by atoms with Gasteiger partial charge in [-0.3, -0.25) is 14.2 Å². The van der Waals surface area contributed by atoms with E-state index in [0.29, 0.717) is 17.4 Å². The number of amides is 1. The summed E-state index contributed by atoms with van der Waals surface area (Å²) in [5, 5.41) is 3.03. The molecule has 1 amide bonds. The molecule has 452 valence electrons. The topological polar surface area (TPSA) is 114 Å². The number of hydrogen-bond donors (Lipinski definition) is 1. The number of nitrogens with zero attached hydrogens (tertiary/aromatic N) is 1. The zero-order chi connectivity index (χ0) is 56.4. The fraction of sp³-hybridized carbons (Fsp3) is 0.851. The van der Waals surface area contributed by atoms with Crippen molar-refractivity contribution >= 4 is 19.7 Å². The van der Waals surface area contributed by atoms with Gasteiger partial charge in [0.1, 0.15) is 19.3 Å². The first kappa shape index (κ1) is 75.0. The molecule has 0 spiro atoms. The molecule has 0 aliphatic rings. The van der Waals surface area contributed by atoms with Crippen LogP contribution in [0.1, 0.15) is 316 Å². The molecule has 10 heteroatoms. The molecule has 0 aromatic rings. The molecule has 0 bridgehead atoms. The largest absolute Gasteiger partial charge is 0.756 e. The molecular formula is C67H127N2O7P. The zero-order valence-electron chi connectivity index (χ0n) is 51.7. The Hall–Kier alpha value is -2.03. The molecule has 77 heavy (non-hydrogen) atoms. The Morgan fingerprint density at radius 3 is 1.23 bits per heavy atom. The van der Waals surface area contributed by atoms with Gasteiger partial charge in [-0.2, -0.15) is 0 Å². The van der Waals surface area contributed by atoms with E-state index in [2.05, 4.69) is 62.5 Å². The molecule has 0 rings (SSSR count).